The summed E-state index contributed by atoms with van der Waals surface area (Å²) in [7, 11) is 3.04. The zero-order valence-corrected chi connectivity index (χ0v) is 15.7. The van der Waals surface area contributed by atoms with Crippen LogP contribution in [0.2, 0.25) is 0 Å². The van der Waals surface area contributed by atoms with Gasteiger partial charge in [-0.15, -0.1) is 0 Å². The highest BCUT2D eigenvalue weighted by Crippen LogP contribution is 2.23. The summed E-state index contributed by atoms with van der Waals surface area (Å²) in [4.78, 5) is 41.8. The summed E-state index contributed by atoms with van der Waals surface area (Å²) in [5.41, 5.74) is 1.08. The summed E-state index contributed by atoms with van der Waals surface area (Å²) in [6.07, 6.45) is 0. The van der Waals surface area contributed by atoms with Crippen LogP contribution >= 0.6 is 0 Å². The molecule has 25 heavy (non-hydrogen) atoms. The van der Waals surface area contributed by atoms with Crippen molar-refractivity contribution in [2.24, 2.45) is 19.5 Å². The van der Waals surface area contributed by atoms with Crippen molar-refractivity contribution in [2.75, 3.05) is 0 Å². The third kappa shape index (κ3) is 2.27. The number of hydrogen-bond acceptors (Lipinski definition) is 4. The van der Waals surface area contributed by atoms with Crippen LogP contribution in [0.3, 0.4) is 0 Å². The Labute approximate surface area is 144 Å². The maximum atomic E-state index is 12.6. The Morgan fingerprint density at radius 1 is 1.04 bits per heavy atom. The monoisotopic (exact) mass is 345 g/mol. The first-order valence-corrected chi connectivity index (χ1v) is 8.14. The van der Waals surface area contributed by atoms with E-state index in [-0.39, 0.29) is 12.3 Å². The number of hydrogen-bond donors (Lipinski definition) is 0. The molecule has 0 N–H and O–H groups in total. The molecule has 0 aliphatic carbocycles. The average molecular weight is 345 g/mol. The minimum Gasteiger partial charge on any atom is -0.306 e. The SMILES string of the molecule is Cc1c(C)n2c3c(=O)n(C)c(=O)n(C)c3nc2n1CC(=O)C(C)(C)C. The van der Waals surface area contributed by atoms with Crippen LogP contribution < -0.4 is 11.2 Å². The minimum atomic E-state index is -0.476. The van der Waals surface area contributed by atoms with Gasteiger partial charge in [0.05, 0.1) is 6.54 Å². The van der Waals surface area contributed by atoms with E-state index in [2.05, 4.69) is 4.98 Å². The molecular formula is C17H23N5O3. The Balaban J connectivity index is 2.43. The number of carbonyl (C=O) groups excluding carboxylic acids is 1. The molecule has 0 atom stereocenters. The van der Waals surface area contributed by atoms with Gasteiger partial charge < -0.3 is 4.57 Å². The number of nitrogens with zero attached hydrogens (tertiary/aromatic N) is 5. The van der Waals surface area contributed by atoms with Crippen LogP contribution in [0.15, 0.2) is 9.59 Å². The second-order valence-corrected chi connectivity index (χ2v) is 7.56. The largest absolute Gasteiger partial charge is 0.332 e. The van der Waals surface area contributed by atoms with Crippen LogP contribution in [0.4, 0.5) is 0 Å². The molecule has 3 aromatic heterocycles. The lowest BCUT2D eigenvalue weighted by molar-refractivity contribution is -0.126. The van der Waals surface area contributed by atoms with E-state index < -0.39 is 16.7 Å². The summed E-state index contributed by atoms with van der Waals surface area (Å²) < 4.78 is 5.98. The van der Waals surface area contributed by atoms with Crippen LogP contribution in [0.1, 0.15) is 32.2 Å². The number of aryl methyl sites for hydroxylation is 2. The van der Waals surface area contributed by atoms with Crippen molar-refractivity contribution in [1.29, 1.82) is 0 Å². The summed E-state index contributed by atoms with van der Waals surface area (Å²) in [5.74, 6) is 0.572. The quantitative estimate of drug-likeness (QED) is 0.691. The molecular weight excluding hydrogens is 322 g/mol. The summed E-state index contributed by atoms with van der Waals surface area (Å²) >= 11 is 0. The first-order chi connectivity index (χ1) is 11.5. The molecule has 0 aromatic carbocycles. The van der Waals surface area contributed by atoms with Gasteiger partial charge in [-0.05, 0) is 13.8 Å². The van der Waals surface area contributed by atoms with Gasteiger partial charge in [0.15, 0.2) is 16.9 Å². The normalized spacial score (nSPS) is 12.4. The zero-order chi connectivity index (χ0) is 18.8. The molecule has 134 valence electrons. The van der Waals surface area contributed by atoms with Crippen LogP contribution in [0.25, 0.3) is 16.9 Å². The molecule has 0 aliphatic rings. The Kier molecular flexibility index (Phi) is 3.56. The Morgan fingerprint density at radius 3 is 2.20 bits per heavy atom. The molecule has 0 aliphatic heterocycles. The molecule has 3 heterocycles. The van der Waals surface area contributed by atoms with Crippen LogP contribution in [0, 0.1) is 19.3 Å². The van der Waals surface area contributed by atoms with E-state index in [1.54, 1.807) is 11.4 Å². The van der Waals surface area contributed by atoms with Crippen molar-refractivity contribution < 1.29 is 4.79 Å². The smallest absolute Gasteiger partial charge is 0.306 e. The van der Waals surface area contributed by atoms with Gasteiger partial charge in [0, 0.05) is 30.9 Å². The van der Waals surface area contributed by atoms with E-state index in [1.807, 2.05) is 39.2 Å². The molecule has 3 rings (SSSR count). The highest BCUT2D eigenvalue weighted by Gasteiger charge is 2.26. The summed E-state index contributed by atoms with van der Waals surface area (Å²) in [6.45, 7) is 9.58. The van der Waals surface area contributed by atoms with E-state index in [0.717, 1.165) is 16.0 Å². The fraction of sp³-hybridized carbons (Fsp3) is 0.529. The molecule has 0 fully saturated rings. The summed E-state index contributed by atoms with van der Waals surface area (Å²) in [5, 5.41) is 0. The molecule has 0 radical (unpaired) electrons. The lowest BCUT2D eigenvalue weighted by atomic mass is 9.91. The van der Waals surface area contributed by atoms with Crippen LogP contribution in [-0.4, -0.2) is 28.9 Å². The molecule has 8 nitrogen and oxygen atoms in total. The standard InChI is InChI=1S/C17H23N5O3/c1-9-10(2)22-12-13(19(6)16(25)20(7)14(12)24)18-15(22)21(9)8-11(23)17(3,4)5/h8H2,1-7H3. The molecule has 0 spiro atoms. The second-order valence-electron chi connectivity index (χ2n) is 7.56. The number of aromatic nitrogens is 5. The minimum absolute atomic E-state index is 0.0712. The van der Waals surface area contributed by atoms with Gasteiger partial charge in [-0.3, -0.25) is 23.1 Å². The van der Waals surface area contributed by atoms with Crippen molar-refractivity contribution in [3.05, 3.63) is 32.2 Å². The summed E-state index contributed by atoms with van der Waals surface area (Å²) in [6, 6.07) is 0. The number of rotatable bonds is 2. The Morgan fingerprint density at radius 2 is 1.64 bits per heavy atom. The third-order valence-corrected chi connectivity index (χ3v) is 4.88. The van der Waals surface area contributed by atoms with Crippen LogP contribution in [-0.2, 0) is 25.4 Å². The third-order valence-electron chi connectivity index (χ3n) is 4.88. The lowest BCUT2D eigenvalue weighted by Crippen LogP contribution is -2.37. The topological polar surface area (TPSA) is 83.3 Å². The first kappa shape index (κ1) is 17.2. The first-order valence-electron chi connectivity index (χ1n) is 8.14. The van der Waals surface area contributed by atoms with Crippen molar-refractivity contribution in [2.45, 2.75) is 41.2 Å². The number of Topliss-reactive ketones (excluding diaryl/α,β-unsaturated/α-hetero) is 1. The van der Waals surface area contributed by atoms with Crippen molar-refractivity contribution in [1.82, 2.24) is 23.1 Å². The van der Waals surface area contributed by atoms with E-state index in [1.165, 1.54) is 11.6 Å². The number of imidazole rings is 2. The van der Waals surface area contributed by atoms with E-state index >= 15 is 0 Å². The van der Waals surface area contributed by atoms with Gasteiger partial charge in [-0.25, -0.2) is 4.79 Å². The van der Waals surface area contributed by atoms with E-state index in [9.17, 15) is 14.4 Å². The van der Waals surface area contributed by atoms with Gasteiger partial charge in [0.2, 0.25) is 5.78 Å². The van der Waals surface area contributed by atoms with Gasteiger partial charge in [0.25, 0.3) is 5.56 Å². The van der Waals surface area contributed by atoms with Crippen molar-refractivity contribution >= 4 is 22.7 Å². The van der Waals surface area contributed by atoms with Crippen molar-refractivity contribution in [3.63, 3.8) is 0 Å². The lowest BCUT2D eigenvalue weighted by Gasteiger charge is -2.17. The molecule has 0 unspecified atom stereocenters. The van der Waals surface area contributed by atoms with Gasteiger partial charge in [0.1, 0.15) is 0 Å². The molecule has 8 heteroatoms. The predicted molar refractivity (Wildman–Crippen MR) is 95.1 cm³/mol. The van der Waals surface area contributed by atoms with Crippen LogP contribution in [0.5, 0.6) is 0 Å². The molecule has 0 bridgehead atoms. The number of carbonyl (C=O) groups is 1. The molecule has 3 aromatic rings. The zero-order valence-electron chi connectivity index (χ0n) is 15.7. The van der Waals surface area contributed by atoms with Gasteiger partial charge >= 0.3 is 5.69 Å². The highest BCUT2D eigenvalue weighted by atomic mass is 16.2. The fourth-order valence-corrected chi connectivity index (χ4v) is 2.96. The maximum Gasteiger partial charge on any atom is 0.332 e. The molecule has 0 saturated carbocycles. The maximum absolute atomic E-state index is 12.6. The van der Waals surface area contributed by atoms with E-state index in [4.69, 9.17) is 0 Å². The Bertz CT molecular complexity index is 1150. The molecule has 0 amide bonds. The fourth-order valence-electron chi connectivity index (χ4n) is 2.96. The average Bonchev–Trinajstić information content (AvgIpc) is 3.02. The van der Waals surface area contributed by atoms with Crippen molar-refractivity contribution in [3.8, 4) is 0 Å². The van der Waals surface area contributed by atoms with Gasteiger partial charge in [-0.2, -0.15) is 4.98 Å². The molecule has 0 saturated heterocycles. The number of ketones is 1. The highest BCUT2D eigenvalue weighted by molar-refractivity contribution is 5.84. The van der Waals surface area contributed by atoms with Gasteiger partial charge in [-0.1, -0.05) is 20.8 Å². The Hall–Kier alpha value is -2.64. The van der Waals surface area contributed by atoms with E-state index in [0.29, 0.717) is 16.9 Å². The second kappa shape index (κ2) is 5.18. The predicted octanol–water partition coefficient (Wildman–Crippen LogP) is 0.918. The number of fused-ring (bicyclic) bond motifs is 3.